The lowest BCUT2D eigenvalue weighted by Gasteiger charge is -2.13. The van der Waals surface area contributed by atoms with Crippen molar-refractivity contribution < 1.29 is 9.53 Å². The van der Waals surface area contributed by atoms with Crippen LogP contribution >= 0.6 is 50.9 Å². The molecule has 0 aliphatic heterocycles. The lowest BCUT2D eigenvalue weighted by Crippen LogP contribution is -2.21. The third-order valence-corrected chi connectivity index (χ3v) is 7.75. The Bertz CT molecular complexity index is 1350. The molecule has 3 aromatic carbocycles. The van der Waals surface area contributed by atoms with Crippen LogP contribution in [0, 0.1) is 0 Å². The number of amides is 1. The second kappa shape index (κ2) is 10.8. The van der Waals surface area contributed by atoms with Gasteiger partial charge in [-0.2, -0.15) is 0 Å². The van der Waals surface area contributed by atoms with Gasteiger partial charge >= 0.3 is 0 Å². The average molecular weight is 578 g/mol. The molecule has 4 rings (SSSR count). The number of rotatable bonds is 7. The second-order valence-electron chi connectivity index (χ2n) is 8.07. The smallest absolute Gasteiger partial charge is 0.253 e. The van der Waals surface area contributed by atoms with E-state index >= 15 is 0 Å². The van der Waals surface area contributed by atoms with E-state index < -0.39 is 0 Å². The Morgan fingerprint density at radius 3 is 2.38 bits per heavy atom. The van der Waals surface area contributed by atoms with E-state index in [-0.39, 0.29) is 5.91 Å². The maximum Gasteiger partial charge on any atom is 0.253 e. The maximum absolute atomic E-state index is 12.2. The van der Waals surface area contributed by atoms with E-state index in [1.54, 1.807) is 37.9 Å². The first-order valence-electron chi connectivity index (χ1n) is 10.5. The lowest BCUT2D eigenvalue weighted by molar-refractivity contribution is 0.0827. The molecule has 0 aliphatic rings. The fraction of sp³-hybridized carbons (Fsp3) is 0.192. The molecule has 0 unspecified atom stereocenters. The number of halogens is 3. The van der Waals surface area contributed by atoms with Crippen LogP contribution in [0.5, 0.6) is 0 Å². The van der Waals surface area contributed by atoms with Crippen LogP contribution < -0.4 is 0 Å². The molecular formula is C26H23BrCl2N2O2S. The van der Waals surface area contributed by atoms with Crippen molar-refractivity contribution in [1.82, 2.24) is 9.47 Å². The van der Waals surface area contributed by atoms with Crippen LogP contribution in [0.4, 0.5) is 0 Å². The van der Waals surface area contributed by atoms with Gasteiger partial charge in [0.1, 0.15) is 0 Å². The first-order chi connectivity index (χ1) is 16.3. The van der Waals surface area contributed by atoms with Crippen molar-refractivity contribution in [3.63, 3.8) is 0 Å². The number of fused-ring (bicyclic) bond motifs is 1. The zero-order valence-corrected chi connectivity index (χ0v) is 22.9. The Kier molecular flexibility index (Phi) is 7.95. The number of hydrogen-bond donors (Lipinski definition) is 0. The highest BCUT2D eigenvalue weighted by Gasteiger charge is 2.15. The van der Waals surface area contributed by atoms with Crippen molar-refractivity contribution in [2.75, 3.05) is 21.2 Å². The highest BCUT2D eigenvalue weighted by Crippen LogP contribution is 2.38. The molecule has 0 aliphatic carbocycles. The van der Waals surface area contributed by atoms with Crippen molar-refractivity contribution in [3.8, 4) is 0 Å². The van der Waals surface area contributed by atoms with Crippen LogP contribution in [0.2, 0.25) is 10.0 Å². The summed E-state index contributed by atoms with van der Waals surface area (Å²) in [4.78, 5) is 15.9. The molecule has 4 nitrogen and oxygen atoms in total. The highest BCUT2D eigenvalue weighted by molar-refractivity contribution is 9.10. The fourth-order valence-corrected chi connectivity index (χ4v) is 5.74. The van der Waals surface area contributed by atoms with Gasteiger partial charge in [-0.25, -0.2) is 0 Å². The molecule has 0 N–H and O–H groups in total. The standard InChI is InChI=1S/C26H23BrCl2N2O2S/c1-30(2)26(32)17-6-4-16(5-7-17)14-31-18(15-33-3)10-21-22(27)11-20(13-25(21)31)34-19-8-9-23(28)24(29)12-19/h4-13H,14-15H2,1-3H3. The van der Waals surface area contributed by atoms with Crippen LogP contribution in [0.3, 0.4) is 0 Å². The van der Waals surface area contributed by atoms with Gasteiger partial charge in [-0.1, -0.05) is 63.0 Å². The van der Waals surface area contributed by atoms with Crippen molar-refractivity contribution in [2.24, 2.45) is 0 Å². The number of benzene rings is 3. The van der Waals surface area contributed by atoms with Gasteiger partial charge in [0.05, 0.1) is 22.2 Å². The third-order valence-electron chi connectivity index (χ3n) is 5.40. The van der Waals surface area contributed by atoms with E-state index in [0.29, 0.717) is 28.8 Å². The summed E-state index contributed by atoms with van der Waals surface area (Å²) in [6.07, 6.45) is 0. The number of hydrogen-bond acceptors (Lipinski definition) is 3. The quantitative estimate of drug-likeness (QED) is 0.225. The van der Waals surface area contributed by atoms with Crippen molar-refractivity contribution in [2.45, 2.75) is 22.9 Å². The lowest BCUT2D eigenvalue weighted by atomic mass is 10.1. The molecule has 0 spiro atoms. The number of nitrogens with zero attached hydrogens (tertiary/aromatic N) is 2. The van der Waals surface area contributed by atoms with E-state index in [1.807, 2.05) is 42.5 Å². The molecule has 8 heteroatoms. The Hall–Kier alpha value is -1.96. The minimum Gasteiger partial charge on any atom is -0.378 e. The minimum atomic E-state index is -0.00839. The van der Waals surface area contributed by atoms with Crippen LogP contribution in [0.1, 0.15) is 21.6 Å². The number of methoxy groups -OCH3 is 1. The highest BCUT2D eigenvalue weighted by atomic mass is 79.9. The van der Waals surface area contributed by atoms with E-state index in [4.69, 9.17) is 27.9 Å². The number of ether oxygens (including phenoxy) is 1. The van der Waals surface area contributed by atoms with E-state index in [1.165, 1.54) is 0 Å². The van der Waals surface area contributed by atoms with Gasteiger partial charge in [0.25, 0.3) is 5.91 Å². The first-order valence-corrected chi connectivity index (χ1v) is 12.9. The van der Waals surface area contributed by atoms with E-state index in [9.17, 15) is 4.79 Å². The molecule has 0 bridgehead atoms. The van der Waals surface area contributed by atoms with Crippen molar-refractivity contribution >= 4 is 67.7 Å². The fourth-order valence-electron chi connectivity index (χ4n) is 3.73. The van der Waals surface area contributed by atoms with Gasteiger partial charge in [-0.05, 0) is 54.1 Å². The first kappa shape index (κ1) is 25.1. The Morgan fingerprint density at radius 1 is 1.00 bits per heavy atom. The van der Waals surface area contributed by atoms with Gasteiger partial charge in [-0.3, -0.25) is 4.79 Å². The predicted octanol–water partition coefficient (Wildman–Crippen LogP) is 7.76. The van der Waals surface area contributed by atoms with Crippen LogP contribution in [0.15, 0.2) is 74.9 Å². The molecule has 0 radical (unpaired) electrons. The Morgan fingerprint density at radius 2 is 1.74 bits per heavy atom. The predicted molar refractivity (Wildman–Crippen MR) is 144 cm³/mol. The topological polar surface area (TPSA) is 34.5 Å². The Labute approximate surface area is 221 Å². The molecule has 34 heavy (non-hydrogen) atoms. The largest absolute Gasteiger partial charge is 0.378 e. The summed E-state index contributed by atoms with van der Waals surface area (Å²) in [6.45, 7) is 1.15. The zero-order valence-electron chi connectivity index (χ0n) is 18.9. The zero-order chi connectivity index (χ0) is 24.4. The number of aromatic nitrogens is 1. The van der Waals surface area contributed by atoms with Crippen LogP contribution in [-0.2, 0) is 17.9 Å². The molecular weight excluding hydrogens is 555 g/mol. The van der Waals surface area contributed by atoms with Crippen LogP contribution in [0.25, 0.3) is 10.9 Å². The van der Waals surface area contributed by atoms with E-state index in [0.717, 1.165) is 36.4 Å². The SMILES string of the molecule is COCc1cc2c(Br)cc(Sc3ccc(Cl)c(Cl)c3)cc2n1Cc1ccc(C(=O)N(C)C)cc1. The monoisotopic (exact) mass is 576 g/mol. The van der Waals surface area contributed by atoms with Gasteiger partial charge in [-0.15, -0.1) is 0 Å². The van der Waals surface area contributed by atoms with Crippen molar-refractivity contribution in [3.05, 3.63) is 92.0 Å². The summed E-state index contributed by atoms with van der Waals surface area (Å²) in [5.74, 6) is -0.00839. The molecule has 1 amide bonds. The molecule has 0 atom stereocenters. The van der Waals surface area contributed by atoms with Crippen molar-refractivity contribution in [1.29, 1.82) is 0 Å². The van der Waals surface area contributed by atoms with E-state index in [2.05, 4.69) is 38.7 Å². The van der Waals surface area contributed by atoms with Gasteiger partial charge < -0.3 is 14.2 Å². The van der Waals surface area contributed by atoms with Crippen LogP contribution in [-0.4, -0.2) is 36.6 Å². The van der Waals surface area contributed by atoms with Gasteiger partial charge in [0.15, 0.2) is 0 Å². The van der Waals surface area contributed by atoms with Gasteiger partial charge in [0, 0.05) is 58.7 Å². The molecule has 1 aromatic heterocycles. The molecule has 176 valence electrons. The second-order valence-corrected chi connectivity index (χ2v) is 10.9. The summed E-state index contributed by atoms with van der Waals surface area (Å²) >= 11 is 17.7. The summed E-state index contributed by atoms with van der Waals surface area (Å²) in [5.41, 5.74) is 3.94. The number of carbonyl (C=O) groups is 1. The normalized spacial score (nSPS) is 11.2. The maximum atomic E-state index is 12.2. The number of carbonyl (C=O) groups excluding carboxylic acids is 1. The van der Waals surface area contributed by atoms with Gasteiger partial charge in [0.2, 0.25) is 0 Å². The average Bonchev–Trinajstić information content (AvgIpc) is 3.14. The summed E-state index contributed by atoms with van der Waals surface area (Å²) < 4.78 is 8.75. The minimum absolute atomic E-state index is 0.00839. The molecule has 0 saturated carbocycles. The summed E-state index contributed by atoms with van der Waals surface area (Å²) in [7, 11) is 5.21. The summed E-state index contributed by atoms with van der Waals surface area (Å²) in [6, 6.07) is 19.8. The molecule has 1 heterocycles. The third kappa shape index (κ3) is 5.47. The molecule has 0 saturated heterocycles. The summed E-state index contributed by atoms with van der Waals surface area (Å²) in [5, 5.41) is 2.19. The molecule has 0 fully saturated rings. The Balaban J connectivity index is 1.71. The molecule has 4 aromatic rings.